The summed E-state index contributed by atoms with van der Waals surface area (Å²) < 4.78 is 13.5. The number of Topliss-reactive ketones (excluding diaryl/α,β-unsaturated/α-hetero) is 1. The summed E-state index contributed by atoms with van der Waals surface area (Å²) in [5.41, 5.74) is 3.20. The van der Waals surface area contributed by atoms with Gasteiger partial charge in [-0.25, -0.2) is 9.18 Å². The van der Waals surface area contributed by atoms with Crippen LogP contribution in [0.15, 0.2) is 85.1 Å². The van der Waals surface area contributed by atoms with Crippen molar-refractivity contribution in [1.29, 1.82) is 0 Å². The highest BCUT2D eigenvalue weighted by Crippen LogP contribution is 2.30. The Morgan fingerprint density at radius 1 is 1.00 bits per heavy atom. The van der Waals surface area contributed by atoms with Crippen LogP contribution < -0.4 is 0 Å². The molecule has 8 heteroatoms. The molecule has 0 unspecified atom stereocenters. The van der Waals surface area contributed by atoms with Gasteiger partial charge in [0.25, 0.3) is 5.91 Å². The lowest BCUT2D eigenvalue weighted by atomic mass is 9.96. The standard InChI is InChI=1S/C30H22ClFN2O4/c31-21-7-11-24-20(14-21)15-28(35)27(16-23-3-1-2-12-33-23)34(29(24)36)17-18-4-10-25(30(37)38)26(13-18)19-5-8-22(32)9-6-19/h1-14,27H,15-17H2,(H,37,38)/t27-/m1/s1. The molecular formula is C30H22ClFN2O4. The highest BCUT2D eigenvalue weighted by molar-refractivity contribution is 6.30. The Hall–Kier alpha value is -4.36. The van der Waals surface area contributed by atoms with E-state index in [0.717, 1.165) is 0 Å². The van der Waals surface area contributed by atoms with Crippen LogP contribution in [0.2, 0.25) is 5.02 Å². The van der Waals surface area contributed by atoms with Gasteiger partial charge in [0.2, 0.25) is 0 Å². The van der Waals surface area contributed by atoms with Gasteiger partial charge in [-0.2, -0.15) is 0 Å². The molecule has 1 N–H and O–H groups in total. The Balaban J connectivity index is 1.58. The molecule has 5 rings (SSSR count). The summed E-state index contributed by atoms with van der Waals surface area (Å²) in [4.78, 5) is 45.2. The monoisotopic (exact) mass is 528 g/mol. The second-order valence-electron chi connectivity index (χ2n) is 9.11. The Morgan fingerprint density at radius 2 is 1.79 bits per heavy atom. The highest BCUT2D eigenvalue weighted by Gasteiger charge is 2.36. The van der Waals surface area contributed by atoms with Gasteiger partial charge in [-0.05, 0) is 76.9 Å². The fraction of sp³-hybridized carbons (Fsp3) is 0.133. The van der Waals surface area contributed by atoms with Crippen LogP contribution in [-0.2, 0) is 24.2 Å². The number of ketones is 1. The quantitative estimate of drug-likeness (QED) is 0.351. The van der Waals surface area contributed by atoms with Crippen molar-refractivity contribution < 1.29 is 23.9 Å². The molecule has 38 heavy (non-hydrogen) atoms. The summed E-state index contributed by atoms with van der Waals surface area (Å²) >= 11 is 6.17. The maximum Gasteiger partial charge on any atom is 0.336 e. The largest absolute Gasteiger partial charge is 0.478 e. The topological polar surface area (TPSA) is 87.6 Å². The molecule has 3 aromatic carbocycles. The van der Waals surface area contributed by atoms with E-state index in [1.807, 2.05) is 6.07 Å². The Kier molecular flexibility index (Phi) is 7.03. The van der Waals surface area contributed by atoms with Gasteiger partial charge in [0.15, 0.2) is 5.78 Å². The molecule has 6 nitrogen and oxygen atoms in total. The molecule has 2 heterocycles. The summed E-state index contributed by atoms with van der Waals surface area (Å²) in [6.45, 7) is 0.0538. The van der Waals surface area contributed by atoms with Crippen LogP contribution in [0.3, 0.4) is 0 Å². The van der Waals surface area contributed by atoms with Crippen LogP contribution >= 0.6 is 11.6 Å². The van der Waals surface area contributed by atoms with Crippen molar-refractivity contribution >= 4 is 29.3 Å². The number of pyridine rings is 1. The molecule has 1 atom stereocenters. The molecule has 0 spiro atoms. The van der Waals surface area contributed by atoms with Crippen LogP contribution in [0.4, 0.5) is 4.39 Å². The highest BCUT2D eigenvalue weighted by atomic mass is 35.5. The molecule has 0 fully saturated rings. The first-order valence-corrected chi connectivity index (χ1v) is 12.3. The number of hydrogen-bond acceptors (Lipinski definition) is 4. The number of fused-ring (bicyclic) bond motifs is 1. The average Bonchev–Trinajstić information content (AvgIpc) is 2.99. The first kappa shape index (κ1) is 25.3. The first-order chi connectivity index (χ1) is 18.3. The first-order valence-electron chi connectivity index (χ1n) is 11.9. The zero-order valence-electron chi connectivity index (χ0n) is 20.1. The number of halogens is 2. The smallest absolute Gasteiger partial charge is 0.336 e. The van der Waals surface area contributed by atoms with Crippen molar-refractivity contribution in [3.05, 3.63) is 124 Å². The average molecular weight is 529 g/mol. The number of carboxylic acids is 1. The molecule has 0 bridgehead atoms. The molecule has 0 radical (unpaired) electrons. The van der Waals surface area contributed by atoms with Crippen LogP contribution in [0.25, 0.3) is 11.1 Å². The molecule has 4 aromatic rings. The van der Waals surface area contributed by atoms with Gasteiger partial charge in [-0.1, -0.05) is 35.9 Å². The van der Waals surface area contributed by atoms with Gasteiger partial charge in [-0.15, -0.1) is 0 Å². The van der Waals surface area contributed by atoms with Crippen molar-refractivity contribution in [2.45, 2.75) is 25.4 Å². The normalized spacial score (nSPS) is 15.2. The second kappa shape index (κ2) is 10.6. The predicted molar refractivity (Wildman–Crippen MR) is 141 cm³/mol. The van der Waals surface area contributed by atoms with E-state index in [4.69, 9.17) is 11.6 Å². The number of amides is 1. The van der Waals surface area contributed by atoms with Crippen molar-refractivity contribution in [2.75, 3.05) is 0 Å². The lowest BCUT2D eigenvalue weighted by Gasteiger charge is -2.29. The van der Waals surface area contributed by atoms with E-state index in [2.05, 4.69) is 4.98 Å². The second-order valence-corrected chi connectivity index (χ2v) is 9.55. The lowest BCUT2D eigenvalue weighted by molar-refractivity contribution is -0.122. The molecule has 0 aliphatic carbocycles. The summed E-state index contributed by atoms with van der Waals surface area (Å²) in [7, 11) is 0. The molecule has 190 valence electrons. The lowest BCUT2D eigenvalue weighted by Crippen LogP contribution is -2.45. The number of hydrogen-bond donors (Lipinski definition) is 1. The molecule has 1 amide bonds. The zero-order chi connectivity index (χ0) is 26.8. The van der Waals surface area contributed by atoms with Crippen molar-refractivity contribution in [3.63, 3.8) is 0 Å². The maximum absolute atomic E-state index is 13.8. The minimum atomic E-state index is -1.13. The molecule has 1 aromatic heterocycles. The number of aromatic carboxylic acids is 1. The SMILES string of the molecule is O=C(O)c1ccc(CN2C(=O)c3ccc(Cl)cc3CC(=O)[C@H]2Cc2ccccn2)cc1-c1ccc(F)cc1. The van der Waals surface area contributed by atoms with Gasteiger partial charge >= 0.3 is 5.97 Å². The van der Waals surface area contributed by atoms with Gasteiger partial charge in [0.1, 0.15) is 5.82 Å². The van der Waals surface area contributed by atoms with E-state index < -0.39 is 17.8 Å². The number of carboxylic acid groups (broad SMARTS) is 1. The third-order valence-electron chi connectivity index (χ3n) is 6.62. The fourth-order valence-corrected chi connectivity index (χ4v) is 4.95. The molecule has 0 saturated heterocycles. The van der Waals surface area contributed by atoms with Crippen LogP contribution in [0.5, 0.6) is 0 Å². The van der Waals surface area contributed by atoms with Crippen LogP contribution in [-0.4, -0.2) is 38.7 Å². The van der Waals surface area contributed by atoms with E-state index in [-0.39, 0.29) is 36.6 Å². The third kappa shape index (κ3) is 5.19. The van der Waals surface area contributed by atoms with E-state index >= 15 is 0 Å². The van der Waals surface area contributed by atoms with Gasteiger partial charge in [-0.3, -0.25) is 14.6 Å². The predicted octanol–water partition coefficient (Wildman–Crippen LogP) is 5.62. The molecular weight excluding hydrogens is 507 g/mol. The van der Waals surface area contributed by atoms with Crippen molar-refractivity contribution in [2.24, 2.45) is 0 Å². The minimum Gasteiger partial charge on any atom is -0.478 e. The van der Waals surface area contributed by atoms with Crippen molar-refractivity contribution in [3.8, 4) is 11.1 Å². The Bertz CT molecular complexity index is 1540. The number of aromatic nitrogens is 1. The van der Waals surface area contributed by atoms with E-state index in [1.165, 1.54) is 35.2 Å². The fourth-order valence-electron chi connectivity index (χ4n) is 4.76. The van der Waals surface area contributed by atoms with Crippen LogP contribution in [0.1, 0.15) is 37.5 Å². The number of rotatable bonds is 6. The minimum absolute atomic E-state index is 0.0450. The molecule has 0 saturated carbocycles. The molecule has 1 aliphatic rings. The Labute approximate surface area is 223 Å². The van der Waals surface area contributed by atoms with Gasteiger partial charge in [0, 0.05) is 41.9 Å². The number of carbonyl (C=O) groups is 3. The summed E-state index contributed by atoms with van der Waals surface area (Å²) in [6, 6.07) is 19.8. The zero-order valence-corrected chi connectivity index (χ0v) is 20.9. The van der Waals surface area contributed by atoms with Gasteiger partial charge in [0.05, 0.1) is 11.6 Å². The third-order valence-corrected chi connectivity index (χ3v) is 6.86. The summed E-state index contributed by atoms with van der Waals surface area (Å²) in [6.07, 6.45) is 1.91. The number of carbonyl (C=O) groups excluding carboxylic acids is 2. The maximum atomic E-state index is 13.8. The van der Waals surface area contributed by atoms with Crippen LogP contribution in [0, 0.1) is 5.82 Å². The van der Waals surface area contributed by atoms with E-state index in [1.54, 1.807) is 48.7 Å². The Morgan fingerprint density at radius 3 is 2.50 bits per heavy atom. The summed E-state index contributed by atoms with van der Waals surface area (Å²) in [5, 5.41) is 10.2. The number of benzene rings is 3. The van der Waals surface area contributed by atoms with E-state index in [0.29, 0.717) is 38.5 Å². The van der Waals surface area contributed by atoms with Crippen molar-refractivity contribution in [1.82, 2.24) is 9.88 Å². The number of nitrogens with zero attached hydrogens (tertiary/aromatic N) is 2. The van der Waals surface area contributed by atoms with Gasteiger partial charge < -0.3 is 10.0 Å². The summed E-state index contributed by atoms with van der Waals surface area (Å²) in [5.74, 6) is -2.04. The van der Waals surface area contributed by atoms with E-state index in [9.17, 15) is 23.9 Å². The molecule has 1 aliphatic heterocycles.